The SMILES string of the molecule is CN=C(NCc1ccccn1)NCc1ccc(C)cc1Oc1ccccc1. The fraction of sp³-hybridized carbons (Fsp3) is 0.182. The van der Waals surface area contributed by atoms with Gasteiger partial charge in [0.2, 0.25) is 0 Å². The third-order valence-corrected chi connectivity index (χ3v) is 4.03. The molecular formula is C22H24N4O. The molecule has 0 saturated heterocycles. The lowest BCUT2D eigenvalue weighted by Crippen LogP contribution is -2.36. The molecule has 3 aromatic rings. The van der Waals surface area contributed by atoms with Crippen LogP contribution in [0.5, 0.6) is 11.5 Å². The average molecular weight is 360 g/mol. The van der Waals surface area contributed by atoms with Crippen LogP contribution in [0.4, 0.5) is 0 Å². The number of aliphatic imine (C=N–C) groups is 1. The molecule has 0 bridgehead atoms. The Balaban J connectivity index is 1.64. The van der Waals surface area contributed by atoms with Gasteiger partial charge in [0.05, 0.1) is 12.2 Å². The Hall–Kier alpha value is -3.34. The number of rotatable bonds is 6. The summed E-state index contributed by atoms with van der Waals surface area (Å²) >= 11 is 0. The second-order valence-corrected chi connectivity index (χ2v) is 6.13. The molecule has 0 saturated carbocycles. The molecule has 5 heteroatoms. The Morgan fingerprint density at radius 2 is 1.74 bits per heavy atom. The van der Waals surface area contributed by atoms with Gasteiger partial charge in [-0.1, -0.05) is 36.4 Å². The number of hydrogen-bond acceptors (Lipinski definition) is 3. The molecule has 2 N–H and O–H groups in total. The Morgan fingerprint density at radius 3 is 2.48 bits per heavy atom. The van der Waals surface area contributed by atoms with Gasteiger partial charge in [-0.25, -0.2) is 0 Å². The summed E-state index contributed by atoms with van der Waals surface area (Å²) in [7, 11) is 1.75. The fourth-order valence-corrected chi connectivity index (χ4v) is 2.59. The second-order valence-electron chi connectivity index (χ2n) is 6.13. The van der Waals surface area contributed by atoms with E-state index in [0.717, 1.165) is 28.3 Å². The maximum atomic E-state index is 6.08. The lowest BCUT2D eigenvalue weighted by atomic mass is 10.1. The van der Waals surface area contributed by atoms with E-state index in [1.807, 2.05) is 54.6 Å². The molecule has 5 nitrogen and oxygen atoms in total. The number of hydrogen-bond donors (Lipinski definition) is 2. The maximum Gasteiger partial charge on any atom is 0.191 e. The minimum atomic E-state index is 0.602. The largest absolute Gasteiger partial charge is 0.457 e. The second kappa shape index (κ2) is 9.38. The Labute approximate surface area is 160 Å². The number of aryl methyl sites for hydroxylation is 1. The maximum absolute atomic E-state index is 6.08. The van der Waals surface area contributed by atoms with Gasteiger partial charge < -0.3 is 15.4 Å². The summed E-state index contributed by atoms with van der Waals surface area (Å²) in [6.07, 6.45) is 1.78. The smallest absolute Gasteiger partial charge is 0.191 e. The van der Waals surface area contributed by atoms with E-state index < -0.39 is 0 Å². The summed E-state index contributed by atoms with van der Waals surface area (Å²) < 4.78 is 6.08. The summed E-state index contributed by atoms with van der Waals surface area (Å²) in [6.45, 7) is 3.27. The summed E-state index contributed by atoms with van der Waals surface area (Å²) in [5.74, 6) is 2.38. The summed E-state index contributed by atoms with van der Waals surface area (Å²) in [5, 5.41) is 6.60. The van der Waals surface area contributed by atoms with Gasteiger partial charge in [0.15, 0.2) is 5.96 Å². The molecular weight excluding hydrogens is 336 g/mol. The van der Waals surface area contributed by atoms with Gasteiger partial charge in [0.1, 0.15) is 11.5 Å². The summed E-state index contributed by atoms with van der Waals surface area (Å²) in [5.41, 5.74) is 3.18. The van der Waals surface area contributed by atoms with Gasteiger partial charge in [-0.15, -0.1) is 0 Å². The van der Waals surface area contributed by atoms with E-state index in [1.165, 1.54) is 0 Å². The van der Waals surface area contributed by atoms with E-state index in [0.29, 0.717) is 19.0 Å². The van der Waals surface area contributed by atoms with Crippen molar-refractivity contribution in [2.45, 2.75) is 20.0 Å². The van der Waals surface area contributed by atoms with E-state index in [2.05, 4.69) is 39.7 Å². The standard InChI is InChI=1S/C22H24N4O/c1-17-11-12-18(21(14-17)27-20-9-4-3-5-10-20)15-25-22(23-2)26-16-19-8-6-7-13-24-19/h3-14H,15-16H2,1-2H3,(H2,23,25,26). The van der Waals surface area contributed by atoms with Crippen LogP contribution >= 0.6 is 0 Å². The van der Waals surface area contributed by atoms with Gasteiger partial charge in [-0.05, 0) is 42.8 Å². The van der Waals surface area contributed by atoms with Crippen molar-refractivity contribution in [2.24, 2.45) is 4.99 Å². The molecule has 27 heavy (non-hydrogen) atoms. The van der Waals surface area contributed by atoms with E-state index in [4.69, 9.17) is 4.74 Å². The zero-order chi connectivity index (χ0) is 18.9. The predicted octanol–water partition coefficient (Wildman–Crippen LogP) is 4.05. The van der Waals surface area contributed by atoms with E-state index >= 15 is 0 Å². The van der Waals surface area contributed by atoms with Crippen LogP contribution in [0.3, 0.4) is 0 Å². The molecule has 0 atom stereocenters. The molecule has 0 unspecified atom stereocenters. The topological polar surface area (TPSA) is 58.5 Å². The lowest BCUT2D eigenvalue weighted by molar-refractivity contribution is 0.474. The van der Waals surface area contributed by atoms with Gasteiger partial charge in [0.25, 0.3) is 0 Å². The van der Waals surface area contributed by atoms with Crippen LogP contribution in [0.15, 0.2) is 77.9 Å². The molecule has 0 radical (unpaired) electrons. The minimum absolute atomic E-state index is 0.602. The molecule has 0 fully saturated rings. The molecule has 2 aromatic carbocycles. The number of guanidine groups is 1. The highest BCUT2D eigenvalue weighted by atomic mass is 16.5. The summed E-state index contributed by atoms with van der Waals surface area (Å²) in [6, 6.07) is 21.9. The van der Waals surface area contributed by atoms with Crippen LogP contribution in [0, 0.1) is 6.92 Å². The number of aromatic nitrogens is 1. The van der Waals surface area contributed by atoms with Crippen molar-refractivity contribution in [1.82, 2.24) is 15.6 Å². The molecule has 1 aromatic heterocycles. The highest BCUT2D eigenvalue weighted by molar-refractivity contribution is 5.79. The van der Waals surface area contributed by atoms with Crippen LogP contribution < -0.4 is 15.4 Å². The van der Waals surface area contributed by atoms with Crippen LogP contribution in [-0.4, -0.2) is 18.0 Å². The number of nitrogens with zero attached hydrogens (tertiary/aromatic N) is 2. The van der Waals surface area contributed by atoms with Crippen molar-refractivity contribution in [2.75, 3.05) is 7.05 Å². The van der Waals surface area contributed by atoms with E-state index in [1.54, 1.807) is 13.2 Å². The van der Waals surface area contributed by atoms with Crippen molar-refractivity contribution >= 4 is 5.96 Å². The highest BCUT2D eigenvalue weighted by Crippen LogP contribution is 2.26. The average Bonchev–Trinajstić information content (AvgIpc) is 2.71. The Kier molecular flexibility index (Phi) is 6.41. The van der Waals surface area contributed by atoms with Gasteiger partial charge >= 0.3 is 0 Å². The number of nitrogens with one attached hydrogen (secondary N) is 2. The first-order chi connectivity index (χ1) is 13.2. The quantitative estimate of drug-likeness (QED) is 0.514. The van der Waals surface area contributed by atoms with Crippen LogP contribution in [0.2, 0.25) is 0 Å². The van der Waals surface area contributed by atoms with Gasteiger partial charge in [-0.3, -0.25) is 9.98 Å². The van der Waals surface area contributed by atoms with E-state index in [-0.39, 0.29) is 0 Å². The fourth-order valence-electron chi connectivity index (χ4n) is 2.59. The van der Waals surface area contributed by atoms with E-state index in [9.17, 15) is 0 Å². The van der Waals surface area contributed by atoms with Crippen LogP contribution in [-0.2, 0) is 13.1 Å². The van der Waals surface area contributed by atoms with Gasteiger partial charge in [-0.2, -0.15) is 0 Å². The molecule has 138 valence electrons. The minimum Gasteiger partial charge on any atom is -0.457 e. The van der Waals surface area contributed by atoms with Crippen molar-refractivity contribution in [3.63, 3.8) is 0 Å². The predicted molar refractivity (Wildman–Crippen MR) is 109 cm³/mol. The van der Waals surface area contributed by atoms with Crippen molar-refractivity contribution in [1.29, 1.82) is 0 Å². The normalized spacial score (nSPS) is 11.1. The Morgan fingerprint density at radius 1 is 0.963 bits per heavy atom. The summed E-state index contributed by atoms with van der Waals surface area (Å²) in [4.78, 5) is 8.58. The van der Waals surface area contributed by atoms with Crippen LogP contribution in [0.25, 0.3) is 0 Å². The molecule has 0 aliphatic carbocycles. The molecule has 1 heterocycles. The number of para-hydroxylation sites is 1. The highest BCUT2D eigenvalue weighted by Gasteiger charge is 2.07. The molecule has 0 spiro atoms. The first kappa shape index (κ1) is 18.5. The third kappa shape index (κ3) is 5.57. The zero-order valence-electron chi connectivity index (χ0n) is 15.6. The number of pyridine rings is 1. The molecule has 0 aliphatic heterocycles. The van der Waals surface area contributed by atoms with Crippen LogP contribution in [0.1, 0.15) is 16.8 Å². The lowest BCUT2D eigenvalue weighted by Gasteiger charge is -2.15. The zero-order valence-corrected chi connectivity index (χ0v) is 15.6. The molecule has 0 amide bonds. The first-order valence-corrected chi connectivity index (χ1v) is 8.91. The number of benzene rings is 2. The molecule has 0 aliphatic rings. The monoisotopic (exact) mass is 360 g/mol. The van der Waals surface area contributed by atoms with Crippen molar-refractivity contribution < 1.29 is 4.74 Å². The van der Waals surface area contributed by atoms with Crippen molar-refractivity contribution in [3.8, 4) is 11.5 Å². The first-order valence-electron chi connectivity index (χ1n) is 8.91. The van der Waals surface area contributed by atoms with Gasteiger partial charge in [0, 0.05) is 25.4 Å². The Bertz CT molecular complexity index is 879. The number of ether oxygens (including phenoxy) is 1. The molecule has 3 rings (SSSR count). The third-order valence-electron chi connectivity index (χ3n) is 4.03. The van der Waals surface area contributed by atoms with Crippen molar-refractivity contribution in [3.05, 3.63) is 89.7 Å².